The summed E-state index contributed by atoms with van der Waals surface area (Å²) in [7, 11) is -3.10. The summed E-state index contributed by atoms with van der Waals surface area (Å²) in [6.07, 6.45) is 9.12. The maximum atomic E-state index is 10.9. The van der Waals surface area contributed by atoms with Crippen molar-refractivity contribution in [3.8, 4) is 0 Å². The Bertz CT molecular complexity index is 352. The molecule has 0 spiro atoms. The zero-order chi connectivity index (χ0) is 10.6. The van der Waals surface area contributed by atoms with Crippen molar-refractivity contribution >= 4 is 10.0 Å². The van der Waals surface area contributed by atoms with Gasteiger partial charge < -0.3 is 0 Å². The summed E-state index contributed by atoms with van der Waals surface area (Å²) in [5.74, 6) is 0. The first-order chi connectivity index (χ1) is 6.51. The monoisotopic (exact) mass is 215 g/mol. The van der Waals surface area contributed by atoms with Crippen LogP contribution >= 0.6 is 0 Å². The molecule has 4 heteroatoms. The summed E-state index contributed by atoms with van der Waals surface area (Å²) in [6, 6.07) is 0. The van der Waals surface area contributed by atoms with E-state index in [1.54, 1.807) is 0 Å². The number of rotatable bonds is 4. The van der Waals surface area contributed by atoms with Crippen LogP contribution < -0.4 is 4.72 Å². The van der Waals surface area contributed by atoms with Crippen LogP contribution in [-0.2, 0) is 10.0 Å². The molecule has 0 saturated heterocycles. The molecular weight excluding hydrogens is 198 g/mol. The third kappa shape index (κ3) is 3.96. The lowest BCUT2D eigenvalue weighted by Crippen LogP contribution is -2.22. The molecule has 0 saturated carbocycles. The average molecular weight is 215 g/mol. The van der Waals surface area contributed by atoms with Crippen LogP contribution in [0.2, 0.25) is 0 Å². The Kier molecular flexibility index (Phi) is 3.75. The van der Waals surface area contributed by atoms with E-state index in [-0.39, 0.29) is 0 Å². The van der Waals surface area contributed by atoms with Crippen LogP contribution in [0.5, 0.6) is 0 Å². The van der Waals surface area contributed by atoms with E-state index in [0.717, 1.165) is 31.4 Å². The van der Waals surface area contributed by atoms with Gasteiger partial charge in [0.2, 0.25) is 10.0 Å². The van der Waals surface area contributed by atoms with Crippen LogP contribution in [0.25, 0.3) is 0 Å². The third-order valence-corrected chi connectivity index (χ3v) is 2.76. The minimum atomic E-state index is -3.10. The SMILES string of the molecule is CCCC1=CC=C(NS(C)(=O)=O)CC1. The van der Waals surface area contributed by atoms with Gasteiger partial charge in [0, 0.05) is 5.70 Å². The molecule has 14 heavy (non-hydrogen) atoms. The lowest BCUT2D eigenvalue weighted by atomic mass is 9.99. The second-order valence-corrected chi connectivity index (χ2v) is 5.39. The summed E-state index contributed by atoms with van der Waals surface area (Å²) < 4.78 is 24.4. The molecule has 0 bridgehead atoms. The highest BCUT2D eigenvalue weighted by Crippen LogP contribution is 2.20. The van der Waals surface area contributed by atoms with Crippen molar-refractivity contribution in [1.29, 1.82) is 0 Å². The molecule has 0 unspecified atom stereocenters. The molecule has 1 N–H and O–H groups in total. The van der Waals surface area contributed by atoms with Crippen LogP contribution in [0.1, 0.15) is 32.6 Å². The van der Waals surface area contributed by atoms with Gasteiger partial charge in [-0.2, -0.15) is 0 Å². The molecule has 0 radical (unpaired) electrons. The van der Waals surface area contributed by atoms with Crippen molar-refractivity contribution < 1.29 is 8.42 Å². The lowest BCUT2D eigenvalue weighted by molar-refractivity contribution is 0.592. The Morgan fingerprint density at radius 2 is 2.07 bits per heavy atom. The van der Waals surface area contributed by atoms with Gasteiger partial charge in [0.25, 0.3) is 0 Å². The molecule has 1 aliphatic carbocycles. The van der Waals surface area contributed by atoms with E-state index in [4.69, 9.17) is 0 Å². The summed E-state index contributed by atoms with van der Waals surface area (Å²) in [4.78, 5) is 0. The molecular formula is C10H17NO2S. The predicted octanol–water partition coefficient (Wildman–Crippen LogP) is 1.94. The first kappa shape index (κ1) is 11.3. The first-order valence-corrected chi connectivity index (χ1v) is 6.77. The van der Waals surface area contributed by atoms with E-state index < -0.39 is 10.0 Å². The second-order valence-electron chi connectivity index (χ2n) is 3.64. The van der Waals surface area contributed by atoms with Gasteiger partial charge in [-0.05, 0) is 25.3 Å². The van der Waals surface area contributed by atoms with Crippen molar-refractivity contribution in [3.63, 3.8) is 0 Å². The molecule has 0 amide bonds. The third-order valence-electron chi connectivity index (χ3n) is 2.12. The van der Waals surface area contributed by atoms with Gasteiger partial charge in [0.15, 0.2) is 0 Å². The van der Waals surface area contributed by atoms with Crippen LogP contribution in [0.15, 0.2) is 23.4 Å². The largest absolute Gasteiger partial charge is 0.288 e. The zero-order valence-corrected chi connectivity index (χ0v) is 9.52. The number of allylic oxidation sites excluding steroid dienone is 4. The van der Waals surface area contributed by atoms with E-state index in [9.17, 15) is 8.42 Å². The van der Waals surface area contributed by atoms with Crippen LogP contribution in [0.4, 0.5) is 0 Å². The van der Waals surface area contributed by atoms with Crippen molar-refractivity contribution in [1.82, 2.24) is 4.72 Å². The molecule has 0 heterocycles. The maximum absolute atomic E-state index is 10.9. The van der Waals surface area contributed by atoms with Gasteiger partial charge in [0.05, 0.1) is 6.26 Å². The fraction of sp³-hybridized carbons (Fsp3) is 0.600. The fourth-order valence-corrected chi connectivity index (χ4v) is 2.18. The molecule has 0 aromatic rings. The molecule has 0 fully saturated rings. The van der Waals surface area contributed by atoms with E-state index in [0.29, 0.717) is 0 Å². The molecule has 1 aliphatic rings. The smallest absolute Gasteiger partial charge is 0.229 e. The Morgan fingerprint density at radius 3 is 2.50 bits per heavy atom. The fourth-order valence-electron chi connectivity index (χ4n) is 1.53. The average Bonchev–Trinajstić information content (AvgIpc) is 2.06. The Morgan fingerprint density at radius 1 is 1.36 bits per heavy atom. The van der Waals surface area contributed by atoms with Crippen LogP contribution in [0.3, 0.4) is 0 Å². The summed E-state index contributed by atoms with van der Waals surface area (Å²) in [6.45, 7) is 2.15. The highest BCUT2D eigenvalue weighted by molar-refractivity contribution is 7.88. The minimum Gasteiger partial charge on any atom is -0.288 e. The highest BCUT2D eigenvalue weighted by atomic mass is 32.2. The van der Waals surface area contributed by atoms with Gasteiger partial charge >= 0.3 is 0 Å². The standard InChI is InChI=1S/C10H17NO2S/c1-3-4-9-5-7-10(8-6-9)11-14(2,12)13/h5,7,11H,3-4,6,8H2,1-2H3. The van der Waals surface area contributed by atoms with Crippen molar-refractivity contribution in [3.05, 3.63) is 23.4 Å². The summed E-state index contributed by atoms with van der Waals surface area (Å²) in [5, 5.41) is 0. The zero-order valence-electron chi connectivity index (χ0n) is 8.71. The Balaban J connectivity index is 2.60. The lowest BCUT2D eigenvalue weighted by Gasteiger charge is -2.14. The van der Waals surface area contributed by atoms with Crippen molar-refractivity contribution in [2.45, 2.75) is 32.6 Å². The number of hydrogen-bond acceptors (Lipinski definition) is 2. The molecule has 80 valence electrons. The minimum absolute atomic E-state index is 0.798. The van der Waals surface area contributed by atoms with Gasteiger partial charge in [-0.3, -0.25) is 4.72 Å². The second kappa shape index (κ2) is 4.64. The molecule has 1 rings (SSSR count). The number of sulfonamides is 1. The topological polar surface area (TPSA) is 46.2 Å². The van der Waals surface area contributed by atoms with E-state index in [1.807, 2.05) is 12.2 Å². The van der Waals surface area contributed by atoms with Gasteiger partial charge in [-0.25, -0.2) is 8.42 Å². The van der Waals surface area contributed by atoms with Gasteiger partial charge in [-0.15, -0.1) is 0 Å². The quantitative estimate of drug-likeness (QED) is 0.779. The van der Waals surface area contributed by atoms with Crippen molar-refractivity contribution in [2.75, 3.05) is 6.26 Å². The van der Waals surface area contributed by atoms with Gasteiger partial charge in [0.1, 0.15) is 0 Å². The normalized spacial score (nSPS) is 17.3. The number of hydrogen-bond donors (Lipinski definition) is 1. The molecule has 0 aromatic carbocycles. The van der Waals surface area contributed by atoms with E-state index in [1.165, 1.54) is 11.8 Å². The molecule has 0 aromatic heterocycles. The van der Waals surface area contributed by atoms with Crippen LogP contribution in [0, 0.1) is 0 Å². The highest BCUT2D eigenvalue weighted by Gasteiger charge is 2.08. The Hall–Kier alpha value is -0.770. The van der Waals surface area contributed by atoms with E-state index >= 15 is 0 Å². The Labute approximate surface area is 85.9 Å². The molecule has 0 aliphatic heterocycles. The van der Waals surface area contributed by atoms with Crippen molar-refractivity contribution in [2.24, 2.45) is 0 Å². The summed E-state index contributed by atoms with van der Waals surface area (Å²) >= 11 is 0. The predicted molar refractivity (Wildman–Crippen MR) is 58.3 cm³/mol. The number of nitrogens with one attached hydrogen (secondary N) is 1. The van der Waals surface area contributed by atoms with Gasteiger partial charge in [-0.1, -0.05) is 25.0 Å². The van der Waals surface area contributed by atoms with E-state index in [2.05, 4.69) is 11.6 Å². The summed E-state index contributed by atoms with van der Waals surface area (Å²) in [5.41, 5.74) is 2.21. The molecule has 3 nitrogen and oxygen atoms in total. The van der Waals surface area contributed by atoms with Crippen LogP contribution in [-0.4, -0.2) is 14.7 Å². The maximum Gasteiger partial charge on any atom is 0.229 e. The molecule has 0 atom stereocenters. The first-order valence-electron chi connectivity index (χ1n) is 4.87.